The Morgan fingerprint density at radius 2 is 2.00 bits per heavy atom. The number of hydrogen-bond acceptors (Lipinski definition) is 3. The number of carbonyl (C=O) groups excluding carboxylic acids is 1. The van der Waals surface area contributed by atoms with E-state index in [4.69, 9.17) is 16.3 Å². The molecule has 2 aromatic rings. The lowest BCUT2D eigenvalue weighted by Gasteiger charge is -2.18. The minimum absolute atomic E-state index is 0.0833. The largest absolute Gasteiger partial charge is 0.492 e. The van der Waals surface area contributed by atoms with Crippen molar-refractivity contribution in [3.63, 3.8) is 0 Å². The minimum Gasteiger partial charge on any atom is -0.492 e. The third-order valence-electron chi connectivity index (χ3n) is 3.10. The van der Waals surface area contributed by atoms with Crippen molar-refractivity contribution in [3.8, 4) is 16.2 Å². The molecule has 0 unspecified atom stereocenters. The summed E-state index contributed by atoms with van der Waals surface area (Å²) in [5.74, 6) is 0.759. The summed E-state index contributed by atoms with van der Waals surface area (Å²) in [6.07, 6.45) is 2.11. The van der Waals surface area contributed by atoms with Crippen molar-refractivity contribution in [1.82, 2.24) is 0 Å². The Morgan fingerprint density at radius 1 is 1.27 bits per heavy atom. The van der Waals surface area contributed by atoms with Gasteiger partial charge in [-0.1, -0.05) is 32.4 Å². The van der Waals surface area contributed by atoms with Crippen molar-refractivity contribution in [3.05, 3.63) is 46.7 Å². The van der Waals surface area contributed by atoms with Crippen LogP contribution in [0.4, 0.5) is 0 Å². The lowest BCUT2D eigenvalue weighted by atomic mass is 9.93. The Morgan fingerprint density at radius 3 is 2.55 bits per heavy atom. The molecule has 1 radical (unpaired) electrons. The van der Waals surface area contributed by atoms with Crippen LogP contribution in [0.2, 0.25) is 5.02 Å². The van der Waals surface area contributed by atoms with Crippen LogP contribution in [0, 0.1) is 11.8 Å². The van der Waals surface area contributed by atoms with E-state index in [0.717, 1.165) is 15.3 Å². The van der Waals surface area contributed by atoms with Crippen LogP contribution in [0.5, 0.6) is 5.75 Å². The molecule has 2 nitrogen and oxygen atoms in total. The zero-order chi connectivity index (χ0) is 16.3. The molecule has 0 amide bonds. The summed E-state index contributed by atoms with van der Waals surface area (Å²) in [6.45, 7) is 8.49. The van der Waals surface area contributed by atoms with E-state index < -0.39 is 0 Å². The van der Waals surface area contributed by atoms with Gasteiger partial charge in [-0.2, -0.15) is 0 Å². The summed E-state index contributed by atoms with van der Waals surface area (Å²) in [4.78, 5) is 13.2. The maximum absolute atomic E-state index is 11.4. The minimum atomic E-state index is 0.0833. The van der Waals surface area contributed by atoms with E-state index in [-0.39, 0.29) is 11.2 Å². The number of thiophene rings is 1. The number of ketones is 1. The van der Waals surface area contributed by atoms with Gasteiger partial charge in [0.1, 0.15) is 5.75 Å². The molecule has 0 saturated heterocycles. The normalized spacial score (nSPS) is 11.5. The van der Waals surface area contributed by atoms with Gasteiger partial charge in [-0.25, -0.2) is 0 Å². The first-order valence-electron chi connectivity index (χ1n) is 7.14. The molecule has 0 atom stereocenters. The van der Waals surface area contributed by atoms with Gasteiger partial charge < -0.3 is 4.74 Å². The van der Waals surface area contributed by atoms with Crippen molar-refractivity contribution in [2.45, 2.75) is 27.7 Å². The topological polar surface area (TPSA) is 26.3 Å². The van der Waals surface area contributed by atoms with Crippen LogP contribution >= 0.6 is 22.9 Å². The summed E-state index contributed by atoms with van der Waals surface area (Å²) in [5, 5.41) is 0.581. The summed E-state index contributed by atoms with van der Waals surface area (Å²) in [7, 11) is 0. The average molecular weight is 336 g/mol. The maximum atomic E-state index is 11.4. The second kappa shape index (κ2) is 6.84. The fourth-order valence-corrected chi connectivity index (χ4v) is 2.97. The summed E-state index contributed by atoms with van der Waals surface area (Å²) >= 11 is 7.77. The summed E-state index contributed by atoms with van der Waals surface area (Å²) in [5.41, 5.74) is 1.11. The molecule has 0 aliphatic carbocycles. The highest BCUT2D eigenvalue weighted by Crippen LogP contribution is 2.34. The van der Waals surface area contributed by atoms with E-state index in [1.165, 1.54) is 11.3 Å². The molecule has 4 heteroatoms. The fraction of sp³-hybridized carbons (Fsp3) is 0.333. The van der Waals surface area contributed by atoms with Crippen molar-refractivity contribution >= 4 is 28.7 Å². The maximum Gasteiger partial charge on any atom is 0.169 e. The highest BCUT2D eigenvalue weighted by atomic mass is 35.5. The highest BCUT2D eigenvalue weighted by Gasteiger charge is 2.12. The predicted molar refractivity (Wildman–Crippen MR) is 94.0 cm³/mol. The Bertz CT molecular complexity index is 668. The number of halogens is 1. The van der Waals surface area contributed by atoms with Gasteiger partial charge >= 0.3 is 0 Å². The van der Waals surface area contributed by atoms with Crippen molar-refractivity contribution in [2.75, 3.05) is 6.61 Å². The number of benzene rings is 1. The molecule has 2 rings (SSSR count). The van der Waals surface area contributed by atoms with Gasteiger partial charge in [0, 0.05) is 11.3 Å². The molecule has 22 heavy (non-hydrogen) atoms. The van der Waals surface area contributed by atoms with E-state index >= 15 is 0 Å². The van der Waals surface area contributed by atoms with Crippen LogP contribution in [0.25, 0.3) is 10.4 Å². The van der Waals surface area contributed by atoms with E-state index in [2.05, 4.69) is 27.2 Å². The molecule has 1 aromatic heterocycles. The van der Waals surface area contributed by atoms with E-state index in [1.807, 2.05) is 30.3 Å². The second-order valence-corrected chi connectivity index (χ2v) is 7.74. The van der Waals surface area contributed by atoms with Gasteiger partial charge in [0.25, 0.3) is 0 Å². The third-order valence-corrected chi connectivity index (χ3v) is 4.63. The van der Waals surface area contributed by atoms with Gasteiger partial charge in [-0.05, 0) is 48.2 Å². The molecule has 117 valence electrons. The smallest absolute Gasteiger partial charge is 0.169 e. The summed E-state index contributed by atoms with van der Waals surface area (Å²) < 4.78 is 5.71. The van der Waals surface area contributed by atoms with Crippen LogP contribution in [0.3, 0.4) is 0 Å². The number of rotatable bonds is 5. The van der Waals surface area contributed by atoms with Gasteiger partial charge in [0.15, 0.2) is 5.78 Å². The lowest BCUT2D eigenvalue weighted by molar-refractivity contribution is 0.102. The van der Waals surface area contributed by atoms with Gasteiger partial charge in [-0.15, -0.1) is 11.3 Å². The monoisotopic (exact) mass is 335 g/mol. The van der Waals surface area contributed by atoms with Crippen molar-refractivity contribution in [2.24, 2.45) is 5.41 Å². The first kappa shape index (κ1) is 17.0. The number of hydrogen-bond donors (Lipinski definition) is 0. The van der Waals surface area contributed by atoms with Gasteiger partial charge in [0.2, 0.25) is 0 Å². The molecule has 0 N–H and O–H groups in total. The Kier molecular flexibility index (Phi) is 5.30. The Balaban J connectivity index is 2.10. The second-order valence-electron chi connectivity index (χ2n) is 6.25. The quantitative estimate of drug-likeness (QED) is 0.636. The van der Waals surface area contributed by atoms with Crippen molar-refractivity contribution < 1.29 is 9.53 Å². The third kappa shape index (κ3) is 4.59. The van der Waals surface area contributed by atoms with Crippen LogP contribution in [-0.4, -0.2) is 12.4 Å². The zero-order valence-corrected chi connectivity index (χ0v) is 14.8. The number of carbonyl (C=O) groups is 1. The first-order valence-corrected chi connectivity index (χ1v) is 8.33. The standard InChI is InChI=1S/C18H20ClO2S/c1-12(20)16-7-8-17(22-16)13-5-6-15(14(19)11-13)21-10-9-18(2,3)4/h5-9,11H,10H2,1-4H3. The van der Waals surface area contributed by atoms with Crippen molar-refractivity contribution in [1.29, 1.82) is 0 Å². The van der Waals surface area contributed by atoms with Crippen LogP contribution < -0.4 is 4.74 Å². The first-order chi connectivity index (χ1) is 10.3. The van der Waals surface area contributed by atoms with Gasteiger partial charge in [0.05, 0.1) is 16.5 Å². The van der Waals surface area contributed by atoms with E-state index in [9.17, 15) is 4.79 Å². The molecule has 1 aromatic carbocycles. The van der Waals surface area contributed by atoms with Crippen LogP contribution in [-0.2, 0) is 0 Å². The number of ether oxygens (including phenoxy) is 1. The molecule has 0 saturated carbocycles. The Hall–Kier alpha value is -1.32. The SMILES string of the molecule is CC(=O)c1ccc(-c2ccc(OC[CH]C(C)(C)C)c(Cl)c2)s1. The highest BCUT2D eigenvalue weighted by molar-refractivity contribution is 7.17. The molecule has 0 spiro atoms. The molecule has 0 fully saturated rings. The Labute approximate surface area is 141 Å². The van der Waals surface area contributed by atoms with Gasteiger partial charge in [-0.3, -0.25) is 4.79 Å². The fourth-order valence-electron chi connectivity index (χ4n) is 1.83. The van der Waals surface area contributed by atoms with E-state index in [1.54, 1.807) is 6.92 Å². The van der Waals surface area contributed by atoms with Crippen LogP contribution in [0.15, 0.2) is 30.3 Å². The zero-order valence-electron chi connectivity index (χ0n) is 13.3. The molecule has 0 aliphatic rings. The van der Waals surface area contributed by atoms with Crippen LogP contribution in [0.1, 0.15) is 37.4 Å². The summed E-state index contributed by atoms with van der Waals surface area (Å²) in [6, 6.07) is 9.51. The van der Waals surface area contributed by atoms with E-state index in [0.29, 0.717) is 17.4 Å². The average Bonchev–Trinajstić information content (AvgIpc) is 2.89. The molecule has 0 bridgehead atoms. The lowest BCUT2D eigenvalue weighted by Crippen LogP contribution is -2.12. The molecule has 0 aliphatic heterocycles. The predicted octanol–water partition coefficient (Wildman–Crippen LogP) is 5.90. The molecular weight excluding hydrogens is 316 g/mol. The molecular formula is C18H20ClO2S. The number of Topliss-reactive ketones (excluding diaryl/α,β-unsaturated/α-hetero) is 1. The molecule has 1 heterocycles.